The number of aromatic nitrogens is 1. The molecule has 0 amide bonds. The Hall–Kier alpha value is -2.22. The molecule has 2 heteroatoms. The summed E-state index contributed by atoms with van der Waals surface area (Å²) in [6.07, 6.45) is 4.42. The predicted molar refractivity (Wildman–Crippen MR) is 90.5 cm³/mol. The van der Waals surface area contributed by atoms with Crippen LogP contribution in [0, 0.1) is 20.8 Å². The summed E-state index contributed by atoms with van der Waals surface area (Å²) in [6, 6.07) is 6.68. The Morgan fingerprint density at radius 2 is 1.90 bits per heavy atom. The zero-order valence-electron chi connectivity index (χ0n) is 13.0. The van der Waals surface area contributed by atoms with Gasteiger partial charge < -0.3 is 9.88 Å². The lowest BCUT2D eigenvalue weighted by atomic mass is 9.90. The lowest BCUT2D eigenvalue weighted by Crippen LogP contribution is -2.16. The van der Waals surface area contributed by atoms with Gasteiger partial charge in [-0.25, -0.2) is 0 Å². The molecule has 1 aromatic heterocycles. The van der Waals surface area contributed by atoms with Crippen molar-refractivity contribution < 1.29 is 0 Å². The first-order valence-corrected chi connectivity index (χ1v) is 7.49. The normalized spacial score (nSPS) is 14.2. The molecule has 0 fully saturated rings. The van der Waals surface area contributed by atoms with E-state index in [0.717, 1.165) is 6.54 Å². The van der Waals surface area contributed by atoms with Crippen LogP contribution in [0.4, 0.5) is 0 Å². The van der Waals surface area contributed by atoms with E-state index in [4.69, 9.17) is 0 Å². The molecule has 1 aliphatic heterocycles. The van der Waals surface area contributed by atoms with E-state index in [1.165, 1.54) is 49.6 Å². The van der Waals surface area contributed by atoms with E-state index >= 15 is 0 Å². The number of hydrogen-bond donors (Lipinski definition) is 1. The maximum atomic E-state index is 3.63. The summed E-state index contributed by atoms with van der Waals surface area (Å²) in [4.78, 5) is 5.88. The highest BCUT2D eigenvalue weighted by atomic mass is 15.1. The minimum absolute atomic E-state index is 0.993. The van der Waals surface area contributed by atoms with Gasteiger partial charge in [-0.2, -0.15) is 0 Å². The van der Waals surface area contributed by atoms with Gasteiger partial charge in [0.05, 0.1) is 5.52 Å². The van der Waals surface area contributed by atoms with Gasteiger partial charge in [0, 0.05) is 29.9 Å². The van der Waals surface area contributed by atoms with Crippen molar-refractivity contribution >= 4 is 27.9 Å². The zero-order valence-corrected chi connectivity index (χ0v) is 13.0. The summed E-state index contributed by atoms with van der Waals surface area (Å²) in [5.41, 5.74) is 9.48. The molecular weight excluding hydrogens is 256 g/mol. The smallest absolute Gasteiger partial charge is 0.0503 e. The fraction of sp³-hybridized carbons (Fsp3) is 0.263. The summed E-state index contributed by atoms with van der Waals surface area (Å²) in [7, 11) is 2.14. The molecule has 1 N–H and O–H groups in total. The molecule has 21 heavy (non-hydrogen) atoms. The van der Waals surface area contributed by atoms with Gasteiger partial charge >= 0.3 is 0 Å². The highest BCUT2D eigenvalue weighted by Crippen LogP contribution is 2.37. The monoisotopic (exact) mass is 276 g/mol. The molecule has 0 saturated heterocycles. The molecule has 2 aromatic carbocycles. The Morgan fingerprint density at radius 3 is 2.71 bits per heavy atom. The van der Waals surface area contributed by atoms with Crippen LogP contribution in [-0.4, -0.2) is 16.9 Å². The van der Waals surface area contributed by atoms with E-state index in [2.05, 4.69) is 68.2 Å². The van der Waals surface area contributed by atoms with Crippen LogP contribution in [0.3, 0.4) is 0 Å². The molecule has 0 spiro atoms. The van der Waals surface area contributed by atoms with E-state index < -0.39 is 0 Å². The number of fused-ring (bicyclic) bond motifs is 4. The van der Waals surface area contributed by atoms with Crippen LogP contribution >= 0.6 is 0 Å². The summed E-state index contributed by atoms with van der Waals surface area (Å²) in [5, 5.41) is 2.75. The van der Waals surface area contributed by atoms with E-state index in [-0.39, 0.29) is 0 Å². The molecule has 0 bridgehead atoms. The van der Waals surface area contributed by atoms with Crippen LogP contribution < -0.4 is 0 Å². The van der Waals surface area contributed by atoms with Crippen molar-refractivity contribution in [2.75, 3.05) is 7.05 Å². The molecule has 1 aliphatic rings. The Kier molecular flexibility index (Phi) is 2.47. The van der Waals surface area contributed by atoms with Crippen LogP contribution in [0.25, 0.3) is 27.9 Å². The number of rotatable bonds is 0. The van der Waals surface area contributed by atoms with Gasteiger partial charge in [0.15, 0.2) is 0 Å². The first kappa shape index (κ1) is 12.5. The molecule has 2 heterocycles. The van der Waals surface area contributed by atoms with Crippen LogP contribution in [0.2, 0.25) is 0 Å². The molecule has 0 saturated carbocycles. The molecule has 2 nitrogen and oxygen atoms in total. The summed E-state index contributed by atoms with van der Waals surface area (Å²) < 4.78 is 0. The molecular formula is C19H20N2. The van der Waals surface area contributed by atoms with E-state index in [1.54, 1.807) is 0 Å². The maximum absolute atomic E-state index is 3.63. The lowest BCUT2D eigenvalue weighted by Gasteiger charge is -2.24. The van der Waals surface area contributed by atoms with Crippen LogP contribution in [0.1, 0.15) is 27.8 Å². The van der Waals surface area contributed by atoms with Crippen LogP contribution in [0.5, 0.6) is 0 Å². The average Bonchev–Trinajstić information content (AvgIpc) is 2.83. The average molecular weight is 276 g/mol. The number of aryl methyl sites for hydroxylation is 3. The number of nitrogens with one attached hydrogen (secondary N) is 1. The second-order valence-corrected chi connectivity index (χ2v) is 6.30. The van der Waals surface area contributed by atoms with Crippen LogP contribution in [0.15, 0.2) is 24.4 Å². The Bertz CT molecular complexity index is 913. The molecule has 0 aliphatic carbocycles. The van der Waals surface area contributed by atoms with Crippen molar-refractivity contribution in [2.45, 2.75) is 27.3 Å². The van der Waals surface area contributed by atoms with E-state index in [1.807, 2.05) is 0 Å². The van der Waals surface area contributed by atoms with E-state index in [0.29, 0.717) is 0 Å². The highest BCUT2D eigenvalue weighted by molar-refractivity contribution is 6.11. The number of benzene rings is 2. The minimum atomic E-state index is 0.993. The highest BCUT2D eigenvalue weighted by Gasteiger charge is 2.19. The second kappa shape index (κ2) is 4.14. The standard InChI is InChI=1S/C19H20N2/c1-11-5-6-17-15(9-11)18-12(2)16-10-21(4)8-7-14(16)13(3)19(18)20-17/h5-9,20H,10H2,1-4H3. The maximum Gasteiger partial charge on any atom is 0.0503 e. The van der Waals surface area contributed by atoms with Gasteiger partial charge in [-0.3, -0.25) is 0 Å². The SMILES string of the molecule is Cc1ccc2[nH]c3c(C)c4c(c(C)c3c2c1)CN(C)C=C4. The topological polar surface area (TPSA) is 19.0 Å². The van der Waals surface area contributed by atoms with Crippen molar-refractivity contribution in [3.8, 4) is 0 Å². The predicted octanol–water partition coefficient (Wildman–Crippen LogP) is 4.66. The minimum Gasteiger partial charge on any atom is -0.376 e. The quantitative estimate of drug-likeness (QED) is 0.632. The molecule has 3 aromatic rings. The molecule has 0 unspecified atom stereocenters. The Labute approximate surface area is 125 Å². The van der Waals surface area contributed by atoms with Crippen molar-refractivity contribution in [1.82, 2.24) is 9.88 Å². The van der Waals surface area contributed by atoms with Gasteiger partial charge in [-0.05, 0) is 67.4 Å². The Balaban J connectivity index is 2.21. The van der Waals surface area contributed by atoms with Crippen molar-refractivity contribution in [1.29, 1.82) is 0 Å². The fourth-order valence-electron chi connectivity index (χ4n) is 3.62. The fourth-order valence-corrected chi connectivity index (χ4v) is 3.62. The number of nitrogens with zero attached hydrogens (tertiary/aromatic N) is 1. The number of aromatic amines is 1. The zero-order chi connectivity index (χ0) is 14.7. The summed E-state index contributed by atoms with van der Waals surface area (Å²) in [6.45, 7) is 7.66. The largest absolute Gasteiger partial charge is 0.376 e. The van der Waals surface area contributed by atoms with Crippen molar-refractivity contribution in [2.24, 2.45) is 0 Å². The first-order chi connectivity index (χ1) is 10.1. The molecule has 4 rings (SSSR count). The summed E-state index contributed by atoms with van der Waals surface area (Å²) in [5.74, 6) is 0. The second-order valence-electron chi connectivity index (χ2n) is 6.30. The summed E-state index contributed by atoms with van der Waals surface area (Å²) >= 11 is 0. The first-order valence-electron chi connectivity index (χ1n) is 7.49. The number of H-pyrrole nitrogens is 1. The third-order valence-corrected chi connectivity index (χ3v) is 4.79. The van der Waals surface area contributed by atoms with E-state index in [9.17, 15) is 0 Å². The lowest BCUT2D eigenvalue weighted by molar-refractivity contribution is 0.446. The van der Waals surface area contributed by atoms with Crippen molar-refractivity contribution in [3.05, 3.63) is 52.2 Å². The third kappa shape index (κ3) is 1.65. The molecule has 106 valence electrons. The van der Waals surface area contributed by atoms with Gasteiger partial charge in [0.1, 0.15) is 0 Å². The number of hydrogen-bond acceptors (Lipinski definition) is 1. The van der Waals surface area contributed by atoms with Gasteiger partial charge in [0.25, 0.3) is 0 Å². The van der Waals surface area contributed by atoms with Gasteiger partial charge in [-0.1, -0.05) is 11.6 Å². The molecule has 0 atom stereocenters. The van der Waals surface area contributed by atoms with Crippen LogP contribution in [-0.2, 0) is 6.54 Å². The van der Waals surface area contributed by atoms with Gasteiger partial charge in [0.2, 0.25) is 0 Å². The third-order valence-electron chi connectivity index (χ3n) is 4.79. The Morgan fingerprint density at radius 1 is 1.10 bits per heavy atom. The van der Waals surface area contributed by atoms with Crippen molar-refractivity contribution in [3.63, 3.8) is 0 Å². The molecule has 0 radical (unpaired) electrons. The van der Waals surface area contributed by atoms with Gasteiger partial charge in [-0.15, -0.1) is 0 Å².